The van der Waals surface area contributed by atoms with Gasteiger partial charge in [-0.2, -0.15) is 0 Å². The summed E-state index contributed by atoms with van der Waals surface area (Å²) in [6.07, 6.45) is 3.67. The van der Waals surface area contributed by atoms with Crippen molar-refractivity contribution in [2.24, 2.45) is 0 Å². The maximum absolute atomic E-state index is 12.8. The van der Waals surface area contributed by atoms with E-state index in [-0.39, 0.29) is 5.91 Å². The Hall–Kier alpha value is -2.25. The van der Waals surface area contributed by atoms with E-state index in [2.05, 4.69) is 16.0 Å². The molecule has 2 aliphatic rings. The second-order valence-electron chi connectivity index (χ2n) is 6.32. The van der Waals surface area contributed by atoms with Crippen molar-refractivity contribution in [3.63, 3.8) is 0 Å². The lowest BCUT2D eigenvalue weighted by Gasteiger charge is -2.35. The SMILES string of the molecule is CSc1ncccc1C(=O)N1CCN(Cc2ccc3c(c2)OCO3)CC1. The van der Waals surface area contributed by atoms with Crippen LogP contribution in [0.5, 0.6) is 11.5 Å². The van der Waals surface area contributed by atoms with Crippen LogP contribution in [0.15, 0.2) is 41.6 Å². The molecule has 0 radical (unpaired) electrons. The average Bonchev–Trinajstić information content (AvgIpc) is 3.16. The molecule has 1 amide bonds. The molecule has 1 saturated heterocycles. The summed E-state index contributed by atoms with van der Waals surface area (Å²) in [4.78, 5) is 21.4. The smallest absolute Gasteiger partial charge is 0.256 e. The number of benzene rings is 1. The molecule has 0 saturated carbocycles. The van der Waals surface area contributed by atoms with Crippen molar-refractivity contribution < 1.29 is 14.3 Å². The largest absolute Gasteiger partial charge is 0.454 e. The Morgan fingerprint density at radius 2 is 1.96 bits per heavy atom. The third-order valence-electron chi connectivity index (χ3n) is 4.70. The van der Waals surface area contributed by atoms with Crippen molar-refractivity contribution in [3.05, 3.63) is 47.7 Å². The van der Waals surface area contributed by atoms with E-state index in [1.54, 1.807) is 6.20 Å². The predicted molar refractivity (Wildman–Crippen MR) is 99.8 cm³/mol. The van der Waals surface area contributed by atoms with Gasteiger partial charge in [-0.15, -0.1) is 11.8 Å². The van der Waals surface area contributed by atoms with Gasteiger partial charge in [0, 0.05) is 38.9 Å². The first-order valence-electron chi connectivity index (χ1n) is 8.64. The molecule has 0 spiro atoms. The van der Waals surface area contributed by atoms with Crippen LogP contribution < -0.4 is 9.47 Å². The van der Waals surface area contributed by atoms with Gasteiger partial charge in [-0.1, -0.05) is 6.07 Å². The van der Waals surface area contributed by atoms with E-state index < -0.39 is 0 Å². The first-order valence-corrected chi connectivity index (χ1v) is 9.86. The summed E-state index contributed by atoms with van der Waals surface area (Å²) in [7, 11) is 0. The third-order valence-corrected chi connectivity index (χ3v) is 5.41. The highest BCUT2D eigenvalue weighted by atomic mass is 32.2. The van der Waals surface area contributed by atoms with Crippen molar-refractivity contribution in [3.8, 4) is 11.5 Å². The van der Waals surface area contributed by atoms with Gasteiger partial charge in [0.05, 0.1) is 5.56 Å². The topological polar surface area (TPSA) is 54.9 Å². The number of thioether (sulfide) groups is 1. The number of rotatable bonds is 4. The van der Waals surface area contributed by atoms with Crippen LogP contribution in [-0.2, 0) is 6.54 Å². The van der Waals surface area contributed by atoms with Gasteiger partial charge in [-0.3, -0.25) is 9.69 Å². The number of amides is 1. The third kappa shape index (κ3) is 3.50. The van der Waals surface area contributed by atoms with Gasteiger partial charge in [0.15, 0.2) is 11.5 Å². The first kappa shape index (κ1) is 17.2. The van der Waals surface area contributed by atoms with Crippen LogP contribution in [0.25, 0.3) is 0 Å². The Morgan fingerprint density at radius 3 is 2.77 bits per heavy atom. The summed E-state index contributed by atoms with van der Waals surface area (Å²) < 4.78 is 10.8. The van der Waals surface area contributed by atoms with Crippen molar-refractivity contribution in [1.82, 2.24) is 14.8 Å². The lowest BCUT2D eigenvalue weighted by molar-refractivity contribution is 0.0624. The second-order valence-corrected chi connectivity index (χ2v) is 7.11. The van der Waals surface area contributed by atoms with Crippen molar-refractivity contribution in [2.75, 3.05) is 39.2 Å². The normalized spacial score (nSPS) is 16.7. The van der Waals surface area contributed by atoms with Crippen LogP contribution in [-0.4, -0.2) is 59.9 Å². The highest BCUT2D eigenvalue weighted by molar-refractivity contribution is 7.98. The summed E-state index contributed by atoms with van der Waals surface area (Å²) in [6, 6.07) is 9.76. The van der Waals surface area contributed by atoms with Crippen molar-refractivity contribution >= 4 is 17.7 Å². The fraction of sp³-hybridized carbons (Fsp3) is 0.368. The van der Waals surface area contributed by atoms with Crippen molar-refractivity contribution in [1.29, 1.82) is 0 Å². The molecule has 3 heterocycles. The molecule has 136 valence electrons. The number of carbonyl (C=O) groups is 1. The number of aromatic nitrogens is 1. The molecule has 2 aliphatic heterocycles. The Kier molecular flexibility index (Phi) is 4.99. The summed E-state index contributed by atoms with van der Waals surface area (Å²) in [5.74, 6) is 1.70. The summed E-state index contributed by atoms with van der Waals surface area (Å²) in [5, 5.41) is 0.792. The molecule has 6 nitrogen and oxygen atoms in total. The molecule has 2 aromatic rings. The number of carbonyl (C=O) groups excluding carboxylic acids is 1. The summed E-state index contributed by atoms with van der Waals surface area (Å²) >= 11 is 1.51. The average molecular weight is 371 g/mol. The number of ether oxygens (including phenoxy) is 2. The van der Waals surface area contributed by atoms with Crippen molar-refractivity contribution in [2.45, 2.75) is 11.6 Å². The first-order chi connectivity index (χ1) is 12.7. The van der Waals surface area contributed by atoms with Gasteiger partial charge in [0.2, 0.25) is 6.79 Å². The molecule has 1 aromatic carbocycles. The lowest BCUT2D eigenvalue weighted by Crippen LogP contribution is -2.48. The van der Waals surface area contributed by atoms with Crippen LogP contribution in [0.2, 0.25) is 0 Å². The highest BCUT2D eigenvalue weighted by Crippen LogP contribution is 2.32. The Balaban J connectivity index is 1.36. The Labute approximate surface area is 157 Å². The van der Waals surface area contributed by atoms with Gasteiger partial charge >= 0.3 is 0 Å². The minimum Gasteiger partial charge on any atom is -0.454 e. The molecule has 0 atom stereocenters. The van der Waals surface area contributed by atoms with Gasteiger partial charge in [-0.05, 0) is 36.1 Å². The molecule has 0 unspecified atom stereocenters. The molecule has 1 aromatic heterocycles. The minimum atomic E-state index is 0.0742. The zero-order chi connectivity index (χ0) is 17.9. The number of pyridine rings is 1. The number of fused-ring (bicyclic) bond motifs is 1. The fourth-order valence-corrected chi connectivity index (χ4v) is 3.83. The number of nitrogens with zero attached hydrogens (tertiary/aromatic N) is 3. The van der Waals surface area contributed by atoms with E-state index in [4.69, 9.17) is 9.47 Å². The molecule has 7 heteroatoms. The quantitative estimate of drug-likeness (QED) is 0.770. The molecular formula is C19H21N3O3S. The molecule has 0 aliphatic carbocycles. The van der Waals surface area contributed by atoms with Crippen LogP contribution in [0.3, 0.4) is 0 Å². The zero-order valence-electron chi connectivity index (χ0n) is 14.7. The Bertz CT molecular complexity index is 806. The molecular weight excluding hydrogens is 350 g/mol. The van der Waals surface area contributed by atoms with Crippen LogP contribution in [0.1, 0.15) is 15.9 Å². The van der Waals surface area contributed by atoms with Crippen LogP contribution in [0.4, 0.5) is 0 Å². The second kappa shape index (κ2) is 7.55. The maximum Gasteiger partial charge on any atom is 0.256 e. The van der Waals surface area contributed by atoms with E-state index in [9.17, 15) is 4.79 Å². The summed E-state index contributed by atoms with van der Waals surface area (Å²) in [6.45, 7) is 4.32. The van der Waals surface area contributed by atoms with E-state index in [1.807, 2.05) is 35.4 Å². The molecule has 0 N–H and O–H groups in total. The van der Waals surface area contributed by atoms with E-state index in [0.29, 0.717) is 12.4 Å². The van der Waals surface area contributed by atoms with Crippen LogP contribution >= 0.6 is 11.8 Å². The predicted octanol–water partition coefficient (Wildman–Crippen LogP) is 2.49. The van der Waals surface area contributed by atoms with Gasteiger partial charge in [-0.25, -0.2) is 4.98 Å². The highest BCUT2D eigenvalue weighted by Gasteiger charge is 2.24. The Morgan fingerprint density at radius 1 is 1.15 bits per heavy atom. The molecule has 4 rings (SSSR count). The van der Waals surface area contributed by atoms with E-state index in [1.165, 1.54) is 17.3 Å². The van der Waals surface area contributed by atoms with Gasteiger partial charge in [0.1, 0.15) is 5.03 Å². The molecule has 0 bridgehead atoms. The fourth-order valence-electron chi connectivity index (χ4n) is 3.29. The van der Waals surface area contributed by atoms with Gasteiger partial charge < -0.3 is 14.4 Å². The van der Waals surface area contributed by atoms with E-state index >= 15 is 0 Å². The zero-order valence-corrected chi connectivity index (χ0v) is 15.5. The van der Waals surface area contributed by atoms with Crippen LogP contribution in [0, 0.1) is 0 Å². The monoisotopic (exact) mass is 371 g/mol. The standard InChI is InChI=1S/C19H21N3O3S/c1-26-18-15(3-2-6-20-18)19(23)22-9-7-21(8-10-22)12-14-4-5-16-17(11-14)25-13-24-16/h2-6,11H,7-10,12-13H2,1H3. The summed E-state index contributed by atoms with van der Waals surface area (Å²) in [5.41, 5.74) is 1.90. The number of hydrogen-bond donors (Lipinski definition) is 0. The maximum atomic E-state index is 12.8. The van der Waals surface area contributed by atoms with Gasteiger partial charge in [0.25, 0.3) is 5.91 Å². The lowest BCUT2D eigenvalue weighted by atomic mass is 10.1. The van der Waals surface area contributed by atoms with E-state index in [0.717, 1.165) is 49.2 Å². The number of piperazine rings is 1. The molecule has 1 fully saturated rings. The number of hydrogen-bond acceptors (Lipinski definition) is 6. The minimum absolute atomic E-state index is 0.0742. The molecule has 26 heavy (non-hydrogen) atoms.